The Morgan fingerprint density at radius 2 is 1.39 bits per heavy atom. The second kappa shape index (κ2) is 4.67. The van der Waals surface area contributed by atoms with Crippen molar-refractivity contribution in [2.24, 2.45) is 0 Å². The van der Waals surface area contributed by atoms with Crippen molar-refractivity contribution in [2.75, 3.05) is 14.2 Å². The molecule has 0 spiro atoms. The molecular formula is C10H10O8-2. The molecule has 18 heavy (non-hydrogen) atoms. The minimum atomic E-state index is -2.53. The summed E-state index contributed by atoms with van der Waals surface area (Å²) in [7, 11) is 1.90. The summed E-state index contributed by atoms with van der Waals surface area (Å²) in [5, 5.41) is 41.3. The normalized spacial score (nSPS) is 19.0. The van der Waals surface area contributed by atoms with Gasteiger partial charge >= 0.3 is 11.9 Å². The predicted octanol–water partition coefficient (Wildman–Crippen LogP) is -2.22. The topological polar surface area (TPSA) is 139 Å². The fourth-order valence-corrected chi connectivity index (χ4v) is 1.64. The van der Waals surface area contributed by atoms with E-state index in [2.05, 4.69) is 9.47 Å². The van der Waals surface area contributed by atoms with Gasteiger partial charge in [0.25, 0.3) is 0 Å². The molecule has 2 N–H and O–H groups in total. The van der Waals surface area contributed by atoms with Gasteiger partial charge in [0.1, 0.15) is 0 Å². The van der Waals surface area contributed by atoms with Crippen molar-refractivity contribution in [1.82, 2.24) is 0 Å². The molecule has 0 saturated heterocycles. The van der Waals surface area contributed by atoms with Gasteiger partial charge in [0.05, 0.1) is 0 Å². The Hall–Kier alpha value is -2.06. The van der Waals surface area contributed by atoms with Crippen LogP contribution in [0, 0.1) is 0 Å². The monoisotopic (exact) mass is 258 g/mol. The molecule has 0 saturated carbocycles. The summed E-state index contributed by atoms with van der Waals surface area (Å²) >= 11 is 0. The SMILES string of the molecule is COC1(OC)C([O-])=C(C(=O)O)CC(C(=O)O)=C1[O-]. The van der Waals surface area contributed by atoms with Gasteiger partial charge in [-0.15, -0.1) is 0 Å². The zero-order valence-corrected chi connectivity index (χ0v) is 9.55. The molecule has 0 heterocycles. The highest BCUT2D eigenvalue weighted by atomic mass is 16.7. The average molecular weight is 258 g/mol. The molecule has 0 aromatic rings. The van der Waals surface area contributed by atoms with E-state index < -0.39 is 46.8 Å². The Bertz CT molecular complexity index is 416. The van der Waals surface area contributed by atoms with Gasteiger partial charge in [-0.2, -0.15) is 0 Å². The van der Waals surface area contributed by atoms with Crippen molar-refractivity contribution in [2.45, 2.75) is 12.2 Å². The Morgan fingerprint density at radius 3 is 1.61 bits per heavy atom. The number of carbonyl (C=O) groups is 2. The maximum absolute atomic E-state index is 11.8. The minimum Gasteiger partial charge on any atom is -0.871 e. The lowest BCUT2D eigenvalue weighted by Gasteiger charge is -2.46. The van der Waals surface area contributed by atoms with Crippen LogP contribution >= 0.6 is 0 Å². The van der Waals surface area contributed by atoms with Crippen molar-refractivity contribution < 1.29 is 39.5 Å². The van der Waals surface area contributed by atoms with Crippen LogP contribution in [0.5, 0.6) is 0 Å². The second-order valence-corrected chi connectivity index (χ2v) is 3.43. The Morgan fingerprint density at radius 1 is 1.06 bits per heavy atom. The largest absolute Gasteiger partial charge is 0.871 e. The number of methoxy groups -OCH3 is 2. The quantitative estimate of drug-likeness (QED) is 0.540. The van der Waals surface area contributed by atoms with Crippen molar-refractivity contribution >= 4 is 11.9 Å². The summed E-state index contributed by atoms with van der Waals surface area (Å²) in [5.74, 6) is -8.17. The zero-order valence-electron chi connectivity index (χ0n) is 9.55. The van der Waals surface area contributed by atoms with E-state index in [1.807, 2.05) is 0 Å². The van der Waals surface area contributed by atoms with Crippen molar-refractivity contribution in [1.29, 1.82) is 0 Å². The summed E-state index contributed by atoms with van der Waals surface area (Å²) in [6, 6.07) is 0. The molecular weight excluding hydrogens is 248 g/mol. The lowest BCUT2D eigenvalue weighted by molar-refractivity contribution is -0.417. The highest BCUT2D eigenvalue weighted by molar-refractivity contribution is 5.95. The molecule has 1 aliphatic rings. The smallest absolute Gasteiger partial charge is 0.331 e. The molecule has 0 aliphatic heterocycles. The number of hydrogen-bond acceptors (Lipinski definition) is 6. The molecule has 0 atom stereocenters. The summed E-state index contributed by atoms with van der Waals surface area (Å²) in [6.07, 6.45) is -0.767. The molecule has 8 nitrogen and oxygen atoms in total. The van der Waals surface area contributed by atoms with Crippen LogP contribution in [0.2, 0.25) is 0 Å². The van der Waals surface area contributed by atoms with Gasteiger partial charge in [0, 0.05) is 31.8 Å². The molecule has 100 valence electrons. The molecule has 0 radical (unpaired) electrons. The third-order valence-corrected chi connectivity index (χ3v) is 2.59. The third-order valence-electron chi connectivity index (χ3n) is 2.59. The predicted molar refractivity (Wildman–Crippen MR) is 50.7 cm³/mol. The maximum Gasteiger partial charge on any atom is 0.331 e. The van der Waals surface area contributed by atoms with Crippen molar-refractivity contribution in [3.05, 3.63) is 22.7 Å². The highest BCUT2D eigenvalue weighted by Gasteiger charge is 2.39. The Kier molecular flexibility index (Phi) is 3.63. The van der Waals surface area contributed by atoms with E-state index in [1.54, 1.807) is 0 Å². The fraction of sp³-hybridized carbons (Fsp3) is 0.400. The molecule has 0 unspecified atom stereocenters. The molecule has 1 rings (SSSR count). The van der Waals surface area contributed by atoms with Crippen LogP contribution in [-0.2, 0) is 19.1 Å². The van der Waals surface area contributed by atoms with Crippen LogP contribution in [0.15, 0.2) is 22.7 Å². The average Bonchev–Trinajstić information content (AvgIpc) is 2.30. The number of ether oxygens (including phenoxy) is 2. The number of rotatable bonds is 4. The standard InChI is InChI=1S/C10H12O8/c1-17-10(18-2)6(11)4(8(13)14)3-5(7(10)12)9(15)16/h11-12H,3H2,1-2H3,(H,13,14)(H,15,16)/p-2. The first-order chi connectivity index (χ1) is 8.31. The van der Waals surface area contributed by atoms with Gasteiger partial charge in [0.2, 0.25) is 0 Å². The Balaban J connectivity index is 3.53. The van der Waals surface area contributed by atoms with Crippen LogP contribution in [0.1, 0.15) is 6.42 Å². The van der Waals surface area contributed by atoms with Crippen LogP contribution in [0.25, 0.3) is 0 Å². The lowest BCUT2D eigenvalue weighted by Crippen LogP contribution is -2.51. The maximum atomic E-state index is 11.8. The van der Waals surface area contributed by atoms with Crippen LogP contribution in [0.4, 0.5) is 0 Å². The van der Waals surface area contributed by atoms with Gasteiger partial charge < -0.3 is 29.9 Å². The molecule has 0 aromatic heterocycles. The van der Waals surface area contributed by atoms with E-state index in [4.69, 9.17) is 10.2 Å². The Labute approximate surface area is 101 Å². The first-order valence-corrected chi connectivity index (χ1v) is 4.70. The van der Waals surface area contributed by atoms with Crippen molar-refractivity contribution in [3.63, 3.8) is 0 Å². The van der Waals surface area contributed by atoms with Gasteiger partial charge in [0.15, 0.2) is 5.79 Å². The number of hydrogen-bond donors (Lipinski definition) is 2. The van der Waals surface area contributed by atoms with Crippen LogP contribution < -0.4 is 10.2 Å². The van der Waals surface area contributed by atoms with E-state index in [1.165, 1.54) is 0 Å². The van der Waals surface area contributed by atoms with Gasteiger partial charge in [-0.1, -0.05) is 11.5 Å². The van der Waals surface area contributed by atoms with E-state index in [0.29, 0.717) is 0 Å². The van der Waals surface area contributed by atoms with Gasteiger partial charge in [-0.05, 0) is 0 Å². The van der Waals surface area contributed by atoms with Gasteiger partial charge in [-0.3, -0.25) is 0 Å². The second-order valence-electron chi connectivity index (χ2n) is 3.43. The van der Waals surface area contributed by atoms with Gasteiger partial charge in [-0.25, -0.2) is 9.59 Å². The molecule has 1 aliphatic carbocycles. The fourth-order valence-electron chi connectivity index (χ4n) is 1.64. The molecule has 0 fully saturated rings. The summed E-state index contributed by atoms with van der Waals surface area (Å²) < 4.78 is 9.25. The van der Waals surface area contributed by atoms with E-state index >= 15 is 0 Å². The number of carboxylic acids is 2. The summed E-state index contributed by atoms with van der Waals surface area (Å²) in [4.78, 5) is 21.7. The van der Waals surface area contributed by atoms with Crippen molar-refractivity contribution in [3.8, 4) is 0 Å². The third kappa shape index (κ3) is 1.81. The number of carboxylic acid groups (broad SMARTS) is 2. The number of aliphatic carboxylic acids is 2. The summed E-state index contributed by atoms with van der Waals surface area (Å²) in [6.45, 7) is 0. The highest BCUT2D eigenvalue weighted by Crippen LogP contribution is 2.36. The molecule has 8 heteroatoms. The molecule has 0 amide bonds. The summed E-state index contributed by atoms with van der Waals surface area (Å²) in [5.41, 5.74) is -1.54. The first kappa shape index (κ1) is 14.0. The minimum absolute atomic E-state index is 0.767. The van der Waals surface area contributed by atoms with E-state index in [0.717, 1.165) is 14.2 Å². The zero-order chi connectivity index (χ0) is 14.1. The van der Waals surface area contributed by atoms with Crippen LogP contribution in [-0.4, -0.2) is 42.2 Å². The molecule has 0 bridgehead atoms. The van der Waals surface area contributed by atoms with E-state index in [9.17, 15) is 19.8 Å². The van der Waals surface area contributed by atoms with Crippen LogP contribution in [0.3, 0.4) is 0 Å². The van der Waals surface area contributed by atoms with E-state index in [-0.39, 0.29) is 0 Å². The first-order valence-electron chi connectivity index (χ1n) is 4.70. The lowest BCUT2D eigenvalue weighted by atomic mass is 9.90. The molecule has 0 aromatic carbocycles.